The van der Waals surface area contributed by atoms with Gasteiger partial charge in [0.1, 0.15) is 12.2 Å². The van der Waals surface area contributed by atoms with E-state index in [9.17, 15) is 14.4 Å². The van der Waals surface area contributed by atoms with Gasteiger partial charge in [-0.3, -0.25) is 9.59 Å². The number of hydrogen-bond acceptors (Lipinski definition) is 8. The van der Waals surface area contributed by atoms with E-state index in [4.69, 9.17) is 18.9 Å². The summed E-state index contributed by atoms with van der Waals surface area (Å²) >= 11 is 2.03. The van der Waals surface area contributed by atoms with Crippen LogP contribution in [0, 0.1) is 3.57 Å². The Morgan fingerprint density at radius 1 is 1.09 bits per heavy atom. The van der Waals surface area contributed by atoms with Gasteiger partial charge in [0.05, 0.1) is 30.6 Å². The second kappa shape index (κ2) is 13.3. The average molecular weight is 569 g/mol. The van der Waals surface area contributed by atoms with E-state index in [0.29, 0.717) is 32.1 Å². The van der Waals surface area contributed by atoms with Gasteiger partial charge in [-0.25, -0.2) is 10.2 Å². The number of anilines is 1. The van der Waals surface area contributed by atoms with Crippen LogP contribution in [0.3, 0.4) is 0 Å². The zero-order valence-corrected chi connectivity index (χ0v) is 20.5. The molecule has 176 valence electrons. The number of methoxy groups -OCH3 is 2. The van der Waals surface area contributed by atoms with Gasteiger partial charge < -0.3 is 24.3 Å². The summed E-state index contributed by atoms with van der Waals surface area (Å²) in [6, 6.07) is 10.2. The number of nitrogens with one attached hydrogen (secondary N) is 2. The van der Waals surface area contributed by atoms with Crippen LogP contribution in [0.4, 0.5) is 5.69 Å². The molecule has 0 radical (unpaired) electrons. The van der Waals surface area contributed by atoms with E-state index in [2.05, 4.69) is 15.8 Å². The van der Waals surface area contributed by atoms with Gasteiger partial charge in [-0.05, 0) is 59.3 Å². The van der Waals surface area contributed by atoms with Crippen LogP contribution < -0.4 is 25.0 Å². The molecule has 2 aromatic rings. The van der Waals surface area contributed by atoms with Gasteiger partial charge in [0.15, 0.2) is 18.1 Å². The van der Waals surface area contributed by atoms with Crippen molar-refractivity contribution in [2.45, 2.75) is 13.3 Å². The molecule has 0 aromatic heterocycles. The van der Waals surface area contributed by atoms with Gasteiger partial charge in [0.25, 0.3) is 0 Å². The van der Waals surface area contributed by atoms with E-state index >= 15 is 0 Å². The second-order valence-electron chi connectivity index (χ2n) is 6.38. The Kier molecular flexibility index (Phi) is 10.4. The van der Waals surface area contributed by atoms with E-state index in [1.54, 1.807) is 43.3 Å². The quantitative estimate of drug-likeness (QED) is 0.140. The summed E-state index contributed by atoms with van der Waals surface area (Å²) in [6.45, 7) is 1.73. The number of benzene rings is 2. The van der Waals surface area contributed by atoms with Crippen molar-refractivity contribution < 1.29 is 33.3 Å². The highest BCUT2D eigenvalue weighted by Gasteiger charge is 2.14. The minimum Gasteiger partial charge on any atom is -0.497 e. The molecule has 10 nitrogen and oxygen atoms in total. The van der Waals surface area contributed by atoms with Crippen LogP contribution in [0.15, 0.2) is 41.5 Å². The Morgan fingerprint density at radius 2 is 1.88 bits per heavy atom. The monoisotopic (exact) mass is 569 g/mol. The normalized spacial score (nSPS) is 10.4. The fourth-order valence-electron chi connectivity index (χ4n) is 2.56. The zero-order chi connectivity index (χ0) is 24.2. The lowest BCUT2D eigenvalue weighted by Gasteiger charge is -2.13. The number of rotatable bonds is 11. The summed E-state index contributed by atoms with van der Waals surface area (Å²) in [7, 11) is 2.99. The average Bonchev–Trinajstić information content (AvgIpc) is 2.78. The molecule has 0 saturated carbocycles. The maximum atomic E-state index is 12.0. The predicted molar refractivity (Wildman–Crippen MR) is 130 cm³/mol. The highest BCUT2D eigenvalue weighted by molar-refractivity contribution is 14.1. The van der Waals surface area contributed by atoms with Crippen molar-refractivity contribution in [2.75, 3.05) is 32.8 Å². The topological polar surface area (TPSA) is 125 Å². The molecule has 0 aliphatic carbocycles. The maximum Gasteiger partial charge on any atom is 0.344 e. The summed E-state index contributed by atoms with van der Waals surface area (Å²) in [4.78, 5) is 35.6. The molecule has 33 heavy (non-hydrogen) atoms. The first kappa shape index (κ1) is 25.9. The second-order valence-corrected chi connectivity index (χ2v) is 7.54. The molecule has 0 fully saturated rings. The van der Waals surface area contributed by atoms with Crippen molar-refractivity contribution >= 4 is 52.3 Å². The highest BCUT2D eigenvalue weighted by atomic mass is 127. The number of carbonyl (C=O) groups excluding carboxylic acids is 3. The summed E-state index contributed by atoms with van der Waals surface area (Å²) in [6.07, 6.45) is 0.994. The maximum absolute atomic E-state index is 12.0. The molecule has 0 saturated heterocycles. The highest BCUT2D eigenvalue weighted by Crippen LogP contribution is 2.33. The number of esters is 1. The van der Waals surface area contributed by atoms with E-state index in [-0.39, 0.29) is 13.2 Å². The van der Waals surface area contributed by atoms with E-state index < -0.39 is 24.2 Å². The molecule has 0 unspecified atom stereocenters. The van der Waals surface area contributed by atoms with Crippen LogP contribution in [0.25, 0.3) is 0 Å². The predicted octanol–water partition coefficient (Wildman–Crippen LogP) is 2.73. The first-order valence-electron chi connectivity index (χ1n) is 9.78. The van der Waals surface area contributed by atoms with Gasteiger partial charge in [0.2, 0.25) is 11.8 Å². The van der Waals surface area contributed by atoms with Gasteiger partial charge in [-0.2, -0.15) is 5.10 Å². The molecule has 0 spiro atoms. The van der Waals surface area contributed by atoms with E-state index in [0.717, 1.165) is 0 Å². The Bertz CT molecular complexity index is 1030. The van der Waals surface area contributed by atoms with Gasteiger partial charge in [-0.1, -0.05) is 6.07 Å². The minimum absolute atomic E-state index is 0.248. The van der Waals surface area contributed by atoms with Crippen LogP contribution in [-0.2, 0) is 19.1 Å². The van der Waals surface area contributed by atoms with Gasteiger partial charge in [-0.15, -0.1) is 0 Å². The lowest BCUT2D eigenvalue weighted by Crippen LogP contribution is -2.24. The summed E-state index contributed by atoms with van der Waals surface area (Å²) in [5.74, 6) is -0.195. The van der Waals surface area contributed by atoms with Crippen LogP contribution in [0.1, 0.15) is 18.9 Å². The lowest BCUT2D eigenvalue weighted by atomic mass is 10.2. The molecule has 0 aliphatic rings. The van der Waals surface area contributed by atoms with Crippen molar-refractivity contribution in [1.82, 2.24) is 5.43 Å². The van der Waals surface area contributed by atoms with Crippen molar-refractivity contribution in [1.29, 1.82) is 0 Å². The third-order valence-corrected chi connectivity index (χ3v) is 4.77. The van der Waals surface area contributed by atoms with Crippen molar-refractivity contribution in [3.8, 4) is 17.2 Å². The van der Waals surface area contributed by atoms with E-state index in [1.807, 2.05) is 22.6 Å². The van der Waals surface area contributed by atoms with Crippen LogP contribution in [0.2, 0.25) is 0 Å². The molecule has 0 heterocycles. The molecule has 2 amide bonds. The first-order valence-corrected chi connectivity index (χ1v) is 10.9. The molecule has 0 bridgehead atoms. The SMILES string of the molecule is CCOC(=O)COc1c(I)cc(C=NNC(=O)CC(=O)Nc2cccc(OC)c2)cc1OC. The minimum atomic E-state index is -0.581. The van der Waals surface area contributed by atoms with Gasteiger partial charge in [0, 0.05) is 11.8 Å². The van der Waals surface area contributed by atoms with Gasteiger partial charge >= 0.3 is 5.97 Å². The number of halogens is 1. The number of hydrogen-bond donors (Lipinski definition) is 2. The molecule has 11 heteroatoms. The molecule has 0 atom stereocenters. The number of nitrogens with zero attached hydrogens (tertiary/aromatic N) is 1. The molecule has 2 N–H and O–H groups in total. The largest absolute Gasteiger partial charge is 0.497 e. The van der Waals surface area contributed by atoms with Crippen LogP contribution in [0.5, 0.6) is 17.2 Å². The fourth-order valence-corrected chi connectivity index (χ4v) is 3.34. The van der Waals surface area contributed by atoms with Crippen LogP contribution in [-0.4, -0.2) is 51.4 Å². The van der Waals surface area contributed by atoms with Crippen LogP contribution >= 0.6 is 22.6 Å². The zero-order valence-electron chi connectivity index (χ0n) is 18.3. The summed E-state index contributed by atoms with van der Waals surface area (Å²) in [5.41, 5.74) is 3.43. The summed E-state index contributed by atoms with van der Waals surface area (Å²) < 4.78 is 21.4. The molecule has 0 aliphatic heterocycles. The Hall–Kier alpha value is -3.35. The molecular formula is C22H24IN3O7. The summed E-state index contributed by atoms with van der Waals surface area (Å²) in [5, 5.41) is 6.49. The van der Waals surface area contributed by atoms with Crippen molar-refractivity contribution in [3.05, 3.63) is 45.5 Å². The molecule has 2 aromatic carbocycles. The number of ether oxygens (including phenoxy) is 4. The molecule has 2 rings (SSSR count). The number of hydrazone groups is 1. The lowest BCUT2D eigenvalue weighted by molar-refractivity contribution is -0.145. The standard InChI is InChI=1S/C22H24IN3O7/c1-4-32-21(29)13-33-22-17(23)8-14(9-18(22)31-3)12-24-26-20(28)11-19(27)25-15-6-5-7-16(10-15)30-2/h5-10,12H,4,11,13H2,1-3H3,(H,25,27)(H,26,28). The van der Waals surface area contributed by atoms with E-state index in [1.165, 1.54) is 20.4 Å². The smallest absolute Gasteiger partial charge is 0.344 e. The Balaban J connectivity index is 1.92. The first-order chi connectivity index (χ1) is 15.9. The Morgan fingerprint density at radius 3 is 2.58 bits per heavy atom. The molecular weight excluding hydrogens is 545 g/mol. The third kappa shape index (κ3) is 8.60. The fraction of sp³-hybridized carbons (Fsp3) is 0.273. The van der Waals surface area contributed by atoms with Crippen molar-refractivity contribution in [3.63, 3.8) is 0 Å². The van der Waals surface area contributed by atoms with Crippen molar-refractivity contribution in [2.24, 2.45) is 5.10 Å². The number of amides is 2. The Labute approximate surface area is 204 Å². The number of carbonyl (C=O) groups is 3. The third-order valence-electron chi connectivity index (χ3n) is 3.97.